The van der Waals surface area contributed by atoms with Crippen LogP contribution in [0.15, 0.2) is 24.4 Å². The third-order valence-electron chi connectivity index (χ3n) is 5.21. The smallest absolute Gasteiger partial charge is 0.242 e. The molecule has 1 aliphatic heterocycles. The average Bonchev–Trinajstić information content (AvgIpc) is 3.39. The molecule has 4 rings (SSSR count). The molecule has 1 amide bonds. The van der Waals surface area contributed by atoms with Crippen molar-refractivity contribution in [2.45, 2.75) is 19.5 Å². The van der Waals surface area contributed by atoms with Crippen LogP contribution >= 0.6 is 0 Å². The number of hydrogen-bond donors (Lipinski definition) is 3. The van der Waals surface area contributed by atoms with Gasteiger partial charge in [0.15, 0.2) is 5.82 Å². The fourth-order valence-corrected chi connectivity index (χ4v) is 3.23. The Balaban J connectivity index is 1.48. The lowest BCUT2D eigenvalue weighted by molar-refractivity contribution is -0.117. The number of ether oxygens (including phenoxy) is 1. The second kappa shape index (κ2) is 8.68. The number of aromatic nitrogens is 5. The molecule has 0 radical (unpaired) electrons. The van der Waals surface area contributed by atoms with Crippen molar-refractivity contribution in [3.8, 4) is 11.3 Å². The Morgan fingerprint density at radius 2 is 2.14 bits per heavy atom. The maximum Gasteiger partial charge on any atom is 0.242 e. The van der Waals surface area contributed by atoms with Crippen molar-refractivity contribution in [3.05, 3.63) is 24.4 Å². The molecule has 0 aliphatic carbocycles. The van der Waals surface area contributed by atoms with Crippen LogP contribution in [-0.2, 0) is 16.1 Å². The van der Waals surface area contributed by atoms with E-state index in [0.29, 0.717) is 5.82 Å². The molecular formula is C19H26N8O2. The normalized spacial score (nSPS) is 16.2. The molecule has 0 spiro atoms. The molecule has 0 saturated carbocycles. The summed E-state index contributed by atoms with van der Waals surface area (Å²) in [4.78, 5) is 14.5. The van der Waals surface area contributed by atoms with Gasteiger partial charge in [-0.2, -0.15) is 5.10 Å². The van der Waals surface area contributed by atoms with Crippen molar-refractivity contribution in [1.29, 1.82) is 0 Å². The number of rotatable bonds is 7. The molecule has 1 aromatic carbocycles. The lowest BCUT2D eigenvalue weighted by atomic mass is 10.1. The summed E-state index contributed by atoms with van der Waals surface area (Å²) in [5.41, 5.74) is 2.56. The maximum atomic E-state index is 12.2. The van der Waals surface area contributed by atoms with Crippen LogP contribution in [-0.4, -0.2) is 81.9 Å². The number of benzene rings is 1. The van der Waals surface area contributed by atoms with Crippen LogP contribution in [0.25, 0.3) is 22.2 Å². The van der Waals surface area contributed by atoms with Crippen LogP contribution in [0.4, 0.5) is 5.82 Å². The first-order valence-corrected chi connectivity index (χ1v) is 9.81. The van der Waals surface area contributed by atoms with Gasteiger partial charge in [-0.25, -0.2) is 0 Å². The van der Waals surface area contributed by atoms with E-state index in [4.69, 9.17) is 4.74 Å². The van der Waals surface area contributed by atoms with Crippen molar-refractivity contribution < 1.29 is 9.53 Å². The number of fused-ring (bicyclic) bond motifs is 1. The summed E-state index contributed by atoms with van der Waals surface area (Å²) in [7, 11) is 1.74. The molecule has 10 nitrogen and oxygen atoms in total. The van der Waals surface area contributed by atoms with Gasteiger partial charge in [-0.1, -0.05) is 11.3 Å². The van der Waals surface area contributed by atoms with Gasteiger partial charge in [0.05, 0.1) is 37.5 Å². The molecule has 3 aromatic rings. The number of morpholine rings is 1. The molecule has 1 aliphatic rings. The number of likely N-dealkylation sites (N-methyl/N-ethyl adjacent to an activating group) is 1. The molecule has 29 heavy (non-hydrogen) atoms. The minimum Gasteiger partial charge on any atom is -0.379 e. The minimum atomic E-state index is -0.309. The lowest BCUT2D eigenvalue weighted by Crippen LogP contribution is -2.38. The van der Waals surface area contributed by atoms with Crippen LogP contribution in [0.5, 0.6) is 0 Å². The van der Waals surface area contributed by atoms with Crippen molar-refractivity contribution in [2.24, 2.45) is 0 Å². The zero-order chi connectivity index (χ0) is 20.2. The summed E-state index contributed by atoms with van der Waals surface area (Å²) in [5, 5.41) is 22.4. The fourth-order valence-electron chi connectivity index (χ4n) is 3.23. The Labute approximate surface area is 168 Å². The summed E-state index contributed by atoms with van der Waals surface area (Å²) in [6.07, 6.45) is 1.95. The lowest BCUT2D eigenvalue weighted by Gasteiger charge is -2.26. The molecule has 1 unspecified atom stereocenters. The van der Waals surface area contributed by atoms with Crippen molar-refractivity contribution >= 4 is 22.6 Å². The van der Waals surface area contributed by atoms with Gasteiger partial charge < -0.3 is 15.4 Å². The molecule has 3 heterocycles. The molecule has 2 aromatic heterocycles. The van der Waals surface area contributed by atoms with E-state index in [0.717, 1.165) is 61.6 Å². The Kier molecular flexibility index (Phi) is 5.84. The van der Waals surface area contributed by atoms with E-state index in [1.165, 1.54) is 0 Å². The van der Waals surface area contributed by atoms with Crippen LogP contribution in [0.3, 0.4) is 0 Å². The quantitative estimate of drug-likeness (QED) is 0.537. The first kappa shape index (κ1) is 19.5. The van der Waals surface area contributed by atoms with E-state index in [2.05, 4.69) is 36.0 Å². The van der Waals surface area contributed by atoms with E-state index in [9.17, 15) is 4.79 Å². The van der Waals surface area contributed by atoms with Gasteiger partial charge in [-0.05, 0) is 26.1 Å². The number of anilines is 1. The molecule has 10 heteroatoms. The molecule has 154 valence electrons. The number of carbonyl (C=O) groups excluding carboxylic acids is 1. The zero-order valence-electron chi connectivity index (χ0n) is 16.7. The standard InChI is InChI=1S/C19H26N8O2/c1-13(20-2)19(28)21-18-15-11-14(3-4-16(15)22-24-18)17-12-27(25-23-17)6-5-26-7-9-29-10-8-26/h3-4,11-13,20H,5-10H2,1-2H3,(H2,21,22,24,28). The Bertz CT molecular complexity index is 976. The number of H-pyrrole nitrogens is 1. The molecular weight excluding hydrogens is 372 g/mol. The fraction of sp³-hybridized carbons (Fsp3) is 0.474. The van der Waals surface area contributed by atoms with Gasteiger partial charge in [0.2, 0.25) is 5.91 Å². The van der Waals surface area contributed by atoms with Crippen molar-refractivity contribution in [3.63, 3.8) is 0 Å². The van der Waals surface area contributed by atoms with E-state index >= 15 is 0 Å². The third-order valence-corrected chi connectivity index (χ3v) is 5.21. The van der Waals surface area contributed by atoms with Crippen LogP contribution in [0.1, 0.15) is 6.92 Å². The van der Waals surface area contributed by atoms with Gasteiger partial charge in [0, 0.05) is 30.6 Å². The highest BCUT2D eigenvalue weighted by Crippen LogP contribution is 2.26. The molecule has 1 fully saturated rings. The Hall–Kier alpha value is -2.82. The highest BCUT2D eigenvalue weighted by Gasteiger charge is 2.15. The average molecular weight is 398 g/mol. The molecule has 0 bridgehead atoms. The van der Waals surface area contributed by atoms with Gasteiger partial charge >= 0.3 is 0 Å². The van der Waals surface area contributed by atoms with Crippen LogP contribution in [0.2, 0.25) is 0 Å². The number of hydrogen-bond acceptors (Lipinski definition) is 7. The van der Waals surface area contributed by atoms with Gasteiger partial charge in [0.1, 0.15) is 5.69 Å². The highest BCUT2D eigenvalue weighted by atomic mass is 16.5. The van der Waals surface area contributed by atoms with Crippen molar-refractivity contribution in [2.75, 3.05) is 45.2 Å². The van der Waals surface area contributed by atoms with Gasteiger partial charge in [-0.15, -0.1) is 5.10 Å². The number of aromatic amines is 1. The summed E-state index contributed by atoms with van der Waals surface area (Å²) >= 11 is 0. The molecule has 3 N–H and O–H groups in total. The second-order valence-electron chi connectivity index (χ2n) is 7.15. The number of nitrogens with one attached hydrogen (secondary N) is 3. The second-order valence-corrected chi connectivity index (χ2v) is 7.15. The Morgan fingerprint density at radius 3 is 2.93 bits per heavy atom. The first-order valence-electron chi connectivity index (χ1n) is 9.81. The number of carbonyl (C=O) groups is 1. The third kappa shape index (κ3) is 4.44. The predicted octanol–water partition coefficient (Wildman–Crippen LogP) is 0.700. The van der Waals surface area contributed by atoms with E-state index in [-0.39, 0.29) is 11.9 Å². The van der Waals surface area contributed by atoms with Crippen molar-refractivity contribution in [1.82, 2.24) is 35.4 Å². The zero-order valence-corrected chi connectivity index (χ0v) is 16.7. The highest BCUT2D eigenvalue weighted by molar-refractivity contribution is 6.02. The largest absolute Gasteiger partial charge is 0.379 e. The molecule has 1 atom stereocenters. The van der Waals surface area contributed by atoms with E-state index in [1.807, 2.05) is 29.1 Å². The SMILES string of the molecule is CNC(C)C(=O)Nc1n[nH]c2ccc(-c3cn(CCN4CCOCC4)nn3)cc12. The van der Waals surface area contributed by atoms with E-state index in [1.54, 1.807) is 14.0 Å². The summed E-state index contributed by atoms with van der Waals surface area (Å²) in [6, 6.07) is 5.56. The van der Waals surface area contributed by atoms with Gasteiger partial charge in [0.25, 0.3) is 0 Å². The van der Waals surface area contributed by atoms with E-state index < -0.39 is 0 Å². The maximum absolute atomic E-state index is 12.2. The number of nitrogens with zero attached hydrogens (tertiary/aromatic N) is 5. The van der Waals surface area contributed by atoms with Crippen LogP contribution in [0, 0.1) is 0 Å². The predicted molar refractivity (Wildman–Crippen MR) is 110 cm³/mol. The Morgan fingerprint density at radius 1 is 1.31 bits per heavy atom. The summed E-state index contributed by atoms with van der Waals surface area (Å²) in [6.45, 7) is 7.00. The summed E-state index contributed by atoms with van der Waals surface area (Å²) in [5.74, 6) is 0.369. The molecule has 1 saturated heterocycles. The topological polar surface area (TPSA) is 113 Å². The first-order chi connectivity index (χ1) is 14.1. The minimum absolute atomic E-state index is 0.139. The number of amides is 1. The van der Waals surface area contributed by atoms with Crippen LogP contribution < -0.4 is 10.6 Å². The van der Waals surface area contributed by atoms with Gasteiger partial charge in [-0.3, -0.25) is 19.5 Å². The summed E-state index contributed by atoms with van der Waals surface area (Å²) < 4.78 is 7.24. The monoisotopic (exact) mass is 398 g/mol.